The van der Waals surface area contributed by atoms with E-state index in [0.29, 0.717) is 23.5 Å². The van der Waals surface area contributed by atoms with Gasteiger partial charge in [0.1, 0.15) is 54.2 Å². The van der Waals surface area contributed by atoms with E-state index in [0.717, 1.165) is 0 Å². The zero-order valence-electron chi connectivity index (χ0n) is 45.4. The molecule has 1 aromatic carbocycles. The number of ether oxygens (including phenoxy) is 11. The van der Waals surface area contributed by atoms with Gasteiger partial charge < -0.3 is 82.5 Å². The number of carbonyl (C=O) groups is 3. The zero-order valence-corrected chi connectivity index (χ0v) is 45.4. The Morgan fingerprint density at radius 2 is 1.47 bits per heavy atom. The van der Waals surface area contributed by atoms with E-state index in [-0.39, 0.29) is 38.3 Å². The van der Waals surface area contributed by atoms with Crippen molar-refractivity contribution in [3.8, 4) is 11.5 Å². The number of hydrogen-bond donors (Lipinski definition) is 5. The second kappa shape index (κ2) is 27.7. The van der Waals surface area contributed by atoms with E-state index in [2.05, 4.69) is 0 Å². The van der Waals surface area contributed by atoms with E-state index < -0.39 is 146 Å². The predicted molar refractivity (Wildman–Crippen MR) is 268 cm³/mol. The number of cyclic esters (lactones) is 1. The molecule has 3 saturated heterocycles. The number of ketones is 1. The lowest BCUT2D eigenvalue weighted by molar-refractivity contribution is -0.342. The van der Waals surface area contributed by atoms with Crippen LogP contribution in [0.4, 0.5) is 0 Å². The fourth-order valence-electron chi connectivity index (χ4n) is 10.5. The molecule has 0 bridgehead atoms. The molecular weight excluding hydrogens is 967 g/mol. The number of nitrogens with zero attached hydrogens (tertiary/aromatic N) is 1. The van der Waals surface area contributed by atoms with E-state index in [1.165, 1.54) is 34.1 Å². The van der Waals surface area contributed by atoms with Gasteiger partial charge in [0.05, 0.1) is 61.8 Å². The second-order valence-electron chi connectivity index (χ2n) is 21.0. The third-order valence-electron chi connectivity index (χ3n) is 14.9. The van der Waals surface area contributed by atoms with E-state index in [9.17, 15) is 39.9 Å². The highest BCUT2D eigenvalue weighted by Crippen LogP contribution is 2.38. The van der Waals surface area contributed by atoms with Gasteiger partial charge in [-0.3, -0.25) is 14.4 Å². The van der Waals surface area contributed by atoms with Crippen molar-refractivity contribution in [3.05, 3.63) is 48.1 Å². The Morgan fingerprint density at radius 1 is 0.824 bits per heavy atom. The Balaban J connectivity index is 1.47. The molecule has 5 N–H and O–H groups in total. The van der Waals surface area contributed by atoms with Crippen molar-refractivity contribution in [2.75, 3.05) is 41.5 Å². The quantitative estimate of drug-likeness (QED) is 0.117. The molecular formula is C54H85NO19. The molecule has 4 heterocycles. The van der Waals surface area contributed by atoms with Crippen LogP contribution in [-0.4, -0.2) is 193 Å². The monoisotopic (exact) mass is 1050 g/mol. The van der Waals surface area contributed by atoms with E-state index >= 15 is 0 Å². The third-order valence-corrected chi connectivity index (χ3v) is 14.9. The van der Waals surface area contributed by atoms with Crippen molar-refractivity contribution >= 4 is 17.7 Å². The smallest absolute Gasteiger partial charge is 0.308 e. The molecule has 4 aliphatic rings. The van der Waals surface area contributed by atoms with Crippen LogP contribution in [0.3, 0.4) is 0 Å². The summed E-state index contributed by atoms with van der Waals surface area (Å²) in [4.78, 5) is 41.5. The van der Waals surface area contributed by atoms with Gasteiger partial charge in [0.2, 0.25) is 0 Å². The molecule has 3 fully saturated rings. The molecule has 0 saturated carbocycles. The summed E-state index contributed by atoms with van der Waals surface area (Å²) < 4.78 is 66.9. The Kier molecular flexibility index (Phi) is 23.0. The maximum atomic E-state index is 14.1. The largest absolute Gasteiger partial charge is 0.494 e. The van der Waals surface area contributed by atoms with Crippen LogP contribution in [0, 0.1) is 23.7 Å². The molecule has 0 amide bonds. The highest BCUT2D eigenvalue weighted by Gasteiger charge is 2.52. The van der Waals surface area contributed by atoms with Crippen molar-refractivity contribution in [2.24, 2.45) is 23.7 Å². The Morgan fingerprint density at radius 3 is 2.08 bits per heavy atom. The van der Waals surface area contributed by atoms with E-state index in [4.69, 9.17) is 52.1 Å². The fourth-order valence-corrected chi connectivity index (χ4v) is 10.5. The summed E-state index contributed by atoms with van der Waals surface area (Å²) in [7, 11) is 6.48. The summed E-state index contributed by atoms with van der Waals surface area (Å²) in [5, 5.41) is 56.7. The predicted octanol–water partition coefficient (Wildman–Crippen LogP) is 3.64. The van der Waals surface area contributed by atoms with Crippen molar-refractivity contribution in [1.29, 1.82) is 0 Å². The number of esters is 2. The number of benzene rings is 1. The molecule has 21 atom stereocenters. The minimum absolute atomic E-state index is 0.0151. The summed E-state index contributed by atoms with van der Waals surface area (Å²) in [5.74, 6) is -3.07. The van der Waals surface area contributed by atoms with Gasteiger partial charge in [0, 0.05) is 45.3 Å². The number of likely N-dealkylation sites (N-methyl/N-ethyl adjacent to an activating group) is 1. The molecule has 5 rings (SSSR count). The standard InChI is InChI=1S/C54H85NO19/c1-14-41-36(27-67-53-50(65-13)49(64-12)45(60)31(5)69-53)23-28(2)15-20-39(57)29(3)24-35(21-22-66-37-16-18-38(19-17-37)71-34(8)56)47(30(4)40(58)25-42(59)72-41)74-52-46(61)44(55(10)11)48(32(6)70-52)73-43-26-54(9,63)51(62)33(7)68-43/h15-20,23,29-33,35-36,40-41,43-53,58,60-63H,14,21-22,24-27H2,1-13H3/b20-15+,28-23+/t29-,30+,31-,32-,33+,35+,36-,40-,41-,43+,44-,45-,46-,47-,48-,49-,50-,51+,52+,53-,54-/m1/s1. The number of rotatable bonds is 16. The summed E-state index contributed by atoms with van der Waals surface area (Å²) in [5.41, 5.74) is -0.817. The molecule has 0 unspecified atom stereocenters. The SMILES string of the molecule is CC[C@H]1OC(=O)C[C@@H](O)[C@H](C)[C@@H](O[C@@H]2O[C@H](C)[C@@H](O[C@H]3C[C@@](C)(O)[C@@H](O)[C@H](C)O3)[C@H](N(C)C)[C@H]2O)[C@@H](CCOc2ccc(OC(C)=O)cc2)C[C@@H](C)C(=O)/C=C/C(C)=C/[C@@H]1CO[C@@H]1O[C@H](C)[C@@H](O)[C@@H](OC)[C@H]1OC. The van der Waals surface area contributed by atoms with Crippen LogP contribution >= 0.6 is 0 Å². The maximum Gasteiger partial charge on any atom is 0.308 e. The number of aliphatic hydroxyl groups excluding tert-OH is 4. The third kappa shape index (κ3) is 16.1. The number of allylic oxidation sites excluding steroid dienone is 3. The lowest BCUT2D eigenvalue weighted by Gasteiger charge is -2.50. The molecule has 4 aliphatic heterocycles. The average Bonchev–Trinajstić information content (AvgIpc) is 3.33. The van der Waals surface area contributed by atoms with Crippen molar-refractivity contribution in [2.45, 2.75) is 198 Å². The Labute approximate surface area is 436 Å². The van der Waals surface area contributed by atoms with Crippen LogP contribution in [0.1, 0.15) is 94.4 Å². The van der Waals surface area contributed by atoms with Crippen LogP contribution in [0.5, 0.6) is 11.5 Å². The van der Waals surface area contributed by atoms with Gasteiger partial charge in [0.15, 0.2) is 24.7 Å². The van der Waals surface area contributed by atoms with E-state index in [1.807, 2.05) is 19.9 Å². The summed E-state index contributed by atoms with van der Waals surface area (Å²) in [6, 6.07) is 5.77. The first kappa shape index (κ1) is 61.4. The molecule has 0 aliphatic carbocycles. The number of hydrogen-bond acceptors (Lipinski definition) is 20. The minimum atomic E-state index is -1.51. The lowest BCUT2D eigenvalue weighted by Crippen LogP contribution is -2.65. The van der Waals surface area contributed by atoms with Gasteiger partial charge in [-0.05, 0) is 104 Å². The van der Waals surface area contributed by atoms with E-state index in [1.54, 1.807) is 84.0 Å². The minimum Gasteiger partial charge on any atom is -0.494 e. The van der Waals surface area contributed by atoms with Gasteiger partial charge in [-0.25, -0.2) is 0 Å². The van der Waals surface area contributed by atoms with Gasteiger partial charge in [-0.2, -0.15) is 0 Å². The van der Waals surface area contributed by atoms with Gasteiger partial charge in [-0.15, -0.1) is 0 Å². The van der Waals surface area contributed by atoms with Gasteiger partial charge >= 0.3 is 11.9 Å². The van der Waals surface area contributed by atoms with Crippen molar-refractivity contribution < 1.29 is 92.0 Å². The van der Waals surface area contributed by atoms with Crippen molar-refractivity contribution in [1.82, 2.24) is 4.90 Å². The number of carbonyl (C=O) groups excluding carboxylic acids is 3. The summed E-state index contributed by atoms with van der Waals surface area (Å²) in [6.07, 6.45) is -8.83. The maximum absolute atomic E-state index is 14.1. The molecule has 20 nitrogen and oxygen atoms in total. The Hall–Kier alpha value is -3.45. The second-order valence-corrected chi connectivity index (χ2v) is 21.0. The van der Waals surface area contributed by atoms with Crippen LogP contribution in [-0.2, 0) is 57.0 Å². The van der Waals surface area contributed by atoms with Crippen LogP contribution in [0.25, 0.3) is 0 Å². The molecule has 20 heteroatoms. The molecule has 0 aromatic heterocycles. The Bertz CT molecular complexity index is 2000. The van der Waals surface area contributed by atoms with Crippen molar-refractivity contribution in [3.63, 3.8) is 0 Å². The fraction of sp³-hybridized carbons (Fsp3) is 0.759. The first-order valence-corrected chi connectivity index (χ1v) is 26.0. The molecule has 420 valence electrons. The lowest BCUT2D eigenvalue weighted by atomic mass is 9.79. The van der Waals surface area contributed by atoms with Crippen LogP contribution < -0.4 is 9.47 Å². The first-order valence-electron chi connectivity index (χ1n) is 26.0. The molecule has 74 heavy (non-hydrogen) atoms. The molecule has 0 radical (unpaired) electrons. The zero-order chi connectivity index (χ0) is 54.8. The molecule has 0 spiro atoms. The normalized spacial score (nSPS) is 41.2. The van der Waals surface area contributed by atoms with Crippen LogP contribution in [0.2, 0.25) is 0 Å². The number of methoxy groups -OCH3 is 2. The number of aliphatic hydroxyl groups is 5. The van der Waals surface area contributed by atoms with Gasteiger partial charge in [-0.1, -0.05) is 38.5 Å². The summed E-state index contributed by atoms with van der Waals surface area (Å²) in [6.45, 7) is 15.2. The first-order chi connectivity index (χ1) is 34.9. The highest BCUT2D eigenvalue weighted by atomic mass is 16.7. The topological polar surface area (TPSA) is 257 Å². The highest BCUT2D eigenvalue weighted by molar-refractivity contribution is 5.91. The molecule has 1 aromatic rings. The van der Waals surface area contributed by atoms with Gasteiger partial charge in [0.25, 0.3) is 0 Å². The van der Waals surface area contributed by atoms with Crippen LogP contribution in [0.15, 0.2) is 48.1 Å². The average molecular weight is 1050 g/mol. The summed E-state index contributed by atoms with van der Waals surface area (Å²) >= 11 is 0.